The topological polar surface area (TPSA) is 55.4 Å². The van der Waals surface area contributed by atoms with Crippen LogP contribution in [0.3, 0.4) is 0 Å². The first-order chi connectivity index (χ1) is 16.9. The first-order valence-electron chi connectivity index (χ1n) is 11.8. The molecule has 2 bridgehead atoms. The quantitative estimate of drug-likeness (QED) is 0.347. The number of nitrogens with zero attached hydrogens (tertiary/aromatic N) is 1. The smallest absolute Gasteiger partial charge is 0.408 e. The van der Waals surface area contributed by atoms with E-state index in [0.717, 1.165) is 31.5 Å². The van der Waals surface area contributed by atoms with E-state index in [1.54, 1.807) is 12.1 Å². The number of Topliss-reactive ketones (excluding diaryl/α,β-unsaturated/α-hetero) is 1. The zero-order valence-electron chi connectivity index (χ0n) is 19.5. The third-order valence-electron chi connectivity index (χ3n) is 7.25. The largest absolute Gasteiger partial charge is 1.00 e. The van der Waals surface area contributed by atoms with Crippen LogP contribution >= 0.6 is 11.3 Å². The molecular weight excluding hydrogens is 550 g/mol. The van der Waals surface area contributed by atoms with E-state index in [9.17, 15) is 18.4 Å². The maximum Gasteiger partial charge on any atom is 0.408 e. The highest BCUT2D eigenvalue weighted by Gasteiger charge is 2.47. The van der Waals surface area contributed by atoms with Crippen LogP contribution in [0.1, 0.15) is 40.4 Å². The Labute approximate surface area is 223 Å². The fourth-order valence-electron chi connectivity index (χ4n) is 5.45. The Balaban J connectivity index is 0.00000304. The fourth-order valence-corrected chi connectivity index (χ4v) is 6.11. The zero-order valence-corrected chi connectivity index (χ0v) is 21.9. The molecule has 190 valence electrons. The molecule has 3 saturated heterocycles. The summed E-state index contributed by atoms with van der Waals surface area (Å²) < 4.78 is 34.3. The van der Waals surface area contributed by atoms with Crippen LogP contribution in [0.25, 0.3) is 0 Å². The average Bonchev–Trinajstić information content (AvgIpc) is 3.38. The van der Waals surface area contributed by atoms with Crippen LogP contribution in [0.15, 0.2) is 65.4 Å². The van der Waals surface area contributed by atoms with Crippen molar-refractivity contribution in [1.29, 1.82) is 0 Å². The van der Waals surface area contributed by atoms with Gasteiger partial charge in [0.15, 0.2) is 6.10 Å². The molecule has 0 radical (unpaired) electrons. The monoisotopic (exact) mass is 576 g/mol. The van der Waals surface area contributed by atoms with Crippen LogP contribution in [0.5, 0.6) is 0 Å². The lowest BCUT2D eigenvalue weighted by Gasteiger charge is -2.52. The number of quaternary nitrogens is 1. The highest BCUT2D eigenvalue weighted by atomic mass is 79.9. The van der Waals surface area contributed by atoms with Crippen LogP contribution in [0, 0.1) is 17.6 Å². The molecule has 3 fully saturated rings. The fraction of sp³-hybridized carbons (Fsp3) is 0.333. The first kappa shape index (κ1) is 26.4. The van der Waals surface area contributed by atoms with Crippen molar-refractivity contribution in [3.63, 3.8) is 0 Å². The Morgan fingerprint density at radius 2 is 1.67 bits per heavy atom. The van der Waals surface area contributed by atoms with E-state index in [1.807, 2.05) is 16.8 Å². The third kappa shape index (κ3) is 5.85. The number of amides is 1. The van der Waals surface area contributed by atoms with E-state index in [0.29, 0.717) is 34.6 Å². The summed E-state index contributed by atoms with van der Waals surface area (Å²) in [5.74, 6) is -0.482. The van der Waals surface area contributed by atoms with Gasteiger partial charge in [-0.25, -0.2) is 13.6 Å². The summed E-state index contributed by atoms with van der Waals surface area (Å²) in [4.78, 5) is 25.9. The number of thiophene rings is 1. The van der Waals surface area contributed by atoms with Gasteiger partial charge in [-0.15, -0.1) is 0 Å². The molecule has 3 aromatic rings. The summed E-state index contributed by atoms with van der Waals surface area (Å²) >= 11 is 1.51. The van der Waals surface area contributed by atoms with Crippen LogP contribution in [0.2, 0.25) is 0 Å². The van der Waals surface area contributed by atoms with Crippen LogP contribution in [-0.2, 0) is 4.74 Å². The summed E-state index contributed by atoms with van der Waals surface area (Å²) in [6.45, 7) is 2.93. The van der Waals surface area contributed by atoms with Crippen molar-refractivity contribution >= 4 is 23.2 Å². The molecule has 3 aliphatic rings. The molecule has 0 aliphatic carbocycles. The van der Waals surface area contributed by atoms with Gasteiger partial charge in [-0.05, 0) is 52.8 Å². The minimum absolute atomic E-state index is 0. The Morgan fingerprint density at radius 1 is 1.03 bits per heavy atom. The maximum atomic E-state index is 13.9. The van der Waals surface area contributed by atoms with Gasteiger partial charge in [-0.2, -0.15) is 11.3 Å². The summed E-state index contributed by atoms with van der Waals surface area (Å²) in [5, 5.41) is 6.79. The van der Waals surface area contributed by atoms with Gasteiger partial charge in [0.2, 0.25) is 5.78 Å². The van der Waals surface area contributed by atoms with E-state index < -0.39 is 23.8 Å². The van der Waals surface area contributed by atoms with E-state index in [2.05, 4.69) is 5.32 Å². The number of carbonyl (C=O) groups is 2. The summed E-state index contributed by atoms with van der Waals surface area (Å²) in [5.41, 5.74) is 1.58. The number of nitrogens with one attached hydrogen (secondary N) is 1. The first-order valence-corrected chi connectivity index (χ1v) is 12.7. The Kier molecular flexibility index (Phi) is 8.22. The SMILES string of the molecule is O=C(N[C@H]1C[N+]2(CC(=O)c3ccsc3)CCC1CC2)OC(c1cccc(F)c1)c1cccc(F)c1.[Br-]. The second kappa shape index (κ2) is 11.2. The van der Waals surface area contributed by atoms with Crippen molar-refractivity contribution in [2.45, 2.75) is 25.0 Å². The summed E-state index contributed by atoms with van der Waals surface area (Å²) in [6.07, 6.45) is 0.272. The average molecular weight is 577 g/mol. The molecule has 5 nitrogen and oxygen atoms in total. The van der Waals surface area contributed by atoms with Gasteiger partial charge in [0.05, 0.1) is 25.7 Å². The van der Waals surface area contributed by atoms with E-state index in [1.165, 1.54) is 47.7 Å². The number of hydrogen-bond donors (Lipinski definition) is 1. The van der Waals surface area contributed by atoms with Crippen molar-refractivity contribution in [3.8, 4) is 0 Å². The standard InChI is InChI=1S/C27H26F2N2O3S.BrH/c28-22-5-1-3-19(13-22)26(20-4-2-6-23(29)14-20)34-27(33)30-24-15-31(10-7-18(24)8-11-31)16-25(32)21-9-12-35-17-21;/h1-6,9,12-14,17-18,24,26H,7-8,10-11,15-16H2;1H/t18?,24-,31?;/m0./s1. The number of alkyl carbamates (subject to hydrolysis) is 1. The molecule has 6 rings (SSSR count). The molecule has 1 N–H and O–H groups in total. The molecule has 4 heterocycles. The predicted octanol–water partition coefficient (Wildman–Crippen LogP) is 2.34. The molecule has 0 spiro atoms. The van der Waals surface area contributed by atoms with E-state index in [-0.39, 0.29) is 28.8 Å². The highest BCUT2D eigenvalue weighted by Crippen LogP contribution is 2.35. The number of piperidine rings is 3. The number of carbonyl (C=O) groups excluding carboxylic acids is 2. The van der Waals surface area contributed by atoms with Gasteiger partial charge in [-0.3, -0.25) is 4.79 Å². The van der Waals surface area contributed by atoms with Gasteiger partial charge in [0.1, 0.15) is 18.2 Å². The van der Waals surface area contributed by atoms with Gasteiger partial charge in [0, 0.05) is 23.8 Å². The minimum atomic E-state index is -0.953. The van der Waals surface area contributed by atoms with Crippen LogP contribution < -0.4 is 22.3 Å². The molecule has 3 aliphatic heterocycles. The minimum Gasteiger partial charge on any atom is -1.00 e. The Morgan fingerprint density at radius 3 is 2.22 bits per heavy atom. The second-order valence-electron chi connectivity index (χ2n) is 9.55. The molecule has 2 aromatic carbocycles. The number of ketones is 1. The second-order valence-corrected chi connectivity index (χ2v) is 10.3. The van der Waals surface area contributed by atoms with Crippen molar-refractivity contribution < 1.29 is 44.6 Å². The van der Waals surface area contributed by atoms with Crippen molar-refractivity contribution in [3.05, 3.63) is 93.7 Å². The third-order valence-corrected chi connectivity index (χ3v) is 7.94. The molecule has 1 atom stereocenters. The number of fused-ring (bicyclic) bond motifs is 3. The molecule has 1 aromatic heterocycles. The van der Waals surface area contributed by atoms with Gasteiger partial charge in [-0.1, -0.05) is 24.3 Å². The Bertz CT molecular complexity index is 1170. The van der Waals surface area contributed by atoms with Crippen molar-refractivity contribution in [2.75, 3.05) is 26.2 Å². The Hall–Kier alpha value is -2.62. The highest BCUT2D eigenvalue weighted by molar-refractivity contribution is 7.08. The summed E-state index contributed by atoms with van der Waals surface area (Å²) in [6, 6.07) is 13.3. The molecular formula is C27H27BrF2N2O3S. The number of hydrogen-bond acceptors (Lipinski definition) is 4. The number of rotatable bonds is 7. The van der Waals surface area contributed by atoms with Gasteiger partial charge >= 0.3 is 6.09 Å². The normalized spacial score (nSPS) is 22.6. The molecule has 1 amide bonds. The van der Waals surface area contributed by atoms with Crippen LogP contribution in [-0.4, -0.2) is 48.6 Å². The number of ether oxygens (including phenoxy) is 1. The predicted molar refractivity (Wildman–Crippen MR) is 129 cm³/mol. The molecule has 9 heteroatoms. The zero-order chi connectivity index (χ0) is 24.4. The molecule has 0 saturated carbocycles. The maximum absolute atomic E-state index is 13.9. The van der Waals surface area contributed by atoms with Crippen molar-refractivity contribution in [1.82, 2.24) is 5.32 Å². The lowest BCUT2D eigenvalue weighted by molar-refractivity contribution is -0.936. The lowest BCUT2D eigenvalue weighted by Crippen LogP contribution is -3.00. The molecule has 0 unspecified atom stereocenters. The van der Waals surface area contributed by atoms with Crippen LogP contribution in [0.4, 0.5) is 13.6 Å². The van der Waals surface area contributed by atoms with Gasteiger partial charge in [0.25, 0.3) is 0 Å². The summed E-state index contributed by atoms with van der Waals surface area (Å²) in [7, 11) is 0. The number of halogens is 3. The number of benzene rings is 2. The van der Waals surface area contributed by atoms with E-state index in [4.69, 9.17) is 4.74 Å². The van der Waals surface area contributed by atoms with Crippen molar-refractivity contribution in [2.24, 2.45) is 5.92 Å². The lowest BCUT2D eigenvalue weighted by atomic mass is 9.81. The van der Waals surface area contributed by atoms with Gasteiger partial charge < -0.3 is 31.5 Å². The molecule has 36 heavy (non-hydrogen) atoms. The van der Waals surface area contributed by atoms with E-state index >= 15 is 0 Å².